The lowest BCUT2D eigenvalue weighted by atomic mass is 9.80. The predicted molar refractivity (Wildman–Crippen MR) is 75.6 cm³/mol. The molecule has 100 valence electrons. The summed E-state index contributed by atoms with van der Waals surface area (Å²) in [7, 11) is 0. The summed E-state index contributed by atoms with van der Waals surface area (Å²) in [6.45, 7) is 6.88. The van der Waals surface area contributed by atoms with Crippen molar-refractivity contribution < 1.29 is 5.11 Å². The van der Waals surface area contributed by atoms with E-state index in [1.807, 2.05) is 12.1 Å². The van der Waals surface area contributed by atoms with Gasteiger partial charge in [-0.2, -0.15) is 0 Å². The maximum Gasteiger partial charge on any atom is 0.115 e. The lowest BCUT2D eigenvalue weighted by Crippen LogP contribution is -2.37. The molecule has 3 unspecified atom stereocenters. The lowest BCUT2D eigenvalue weighted by Gasteiger charge is -2.34. The van der Waals surface area contributed by atoms with Crippen LogP contribution in [-0.4, -0.2) is 11.1 Å². The van der Waals surface area contributed by atoms with Crippen molar-refractivity contribution in [1.29, 1.82) is 0 Å². The number of phenolic OH excluding ortho intramolecular Hbond substituents is 1. The summed E-state index contributed by atoms with van der Waals surface area (Å²) in [5, 5.41) is 13.2. The summed E-state index contributed by atoms with van der Waals surface area (Å²) in [5.41, 5.74) is 1.17. The lowest BCUT2D eigenvalue weighted by molar-refractivity contribution is 0.228. The highest BCUT2D eigenvalue weighted by Crippen LogP contribution is 2.30. The molecule has 0 bridgehead atoms. The number of rotatable bonds is 3. The summed E-state index contributed by atoms with van der Waals surface area (Å²) >= 11 is 0. The zero-order valence-electron chi connectivity index (χ0n) is 11.7. The second-order valence-electron chi connectivity index (χ2n) is 6.10. The first-order valence-corrected chi connectivity index (χ1v) is 7.09. The Morgan fingerprint density at radius 3 is 2.44 bits per heavy atom. The Labute approximate surface area is 110 Å². The summed E-state index contributed by atoms with van der Waals surface area (Å²) in [5.74, 6) is 2.00. The minimum Gasteiger partial charge on any atom is -0.508 e. The molecule has 1 aliphatic rings. The number of aromatic hydroxyl groups is 1. The van der Waals surface area contributed by atoms with Gasteiger partial charge < -0.3 is 10.4 Å². The van der Waals surface area contributed by atoms with Crippen molar-refractivity contribution in [2.45, 2.75) is 52.1 Å². The molecule has 0 spiro atoms. The third-order valence-electron chi connectivity index (χ3n) is 4.03. The predicted octanol–water partition coefficient (Wildman–Crippen LogP) is 3.87. The van der Waals surface area contributed by atoms with Crippen molar-refractivity contribution in [2.24, 2.45) is 11.8 Å². The van der Waals surface area contributed by atoms with E-state index in [2.05, 4.69) is 32.2 Å². The van der Waals surface area contributed by atoms with Gasteiger partial charge in [0.25, 0.3) is 0 Å². The molecule has 0 radical (unpaired) electrons. The van der Waals surface area contributed by atoms with Gasteiger partial charge in [0.2, 0.25) is 0 Å². The van der Waals surface area contributed by atoms with Crippen LogP contribution in [-0.2, 0) is 0 Å². The third-order valence-corrected chi connectivity index (χ3v) is 4.03. The van der Waals surface area contributed by atoms with Gasteiger partial charge in [-0.25, -0.2) is 0 Å². The number of hydrogen-bond donors (Lipinski definition) is 2. The van der Waals surface area contributed by atoms with Crippen molar-refractivity contribution in [3.05, 3.63) is 29.8 Å². The van der Waals surface area contributed by atoms with Crippen LogP contribution in [0.2, 0.25) is 0 Å². The molecule has 0 aromatic heterocycles. The fourth-order valence-electron chi connectivity index (χ4n) is 3.33. The first-order valence-electron chi connectivity index (χ1n) is 7.09. The number of hydrogen-bond acceptors (Lipinski definition) is 2. The van der Waals surface area contributed by atoms with E-state index in [-0.39, 0.29) is 0 Å². The highest BCUT2D eigenvalue weighted by atomic mass is 16.3. The quantitative estimate of drug-likeness (QED) is 0.850. The summed E-state index contributed by atoms with van der Waals surface area (Å²) in [4.78, 5) is 0. The topological polar surface area (TPSA) is 32.3 Å². The van der Waals surface area contributed by atoms with Gasteiger partial charge >= 0.3 is 0 Å². The molecule has 2 N–H and O–H groups in total. The van der Waals surface area contributed by atoms with Gasteiger partial charge in [0.1, 0.15) is 5.75 Å². The minimum absolute atomic E-state index is 0.305. The molecule has 1 aliphatic carbocycles. The van der Waals surface area contributed by atoms with Crippen molar-refractivity contribution >= 4 is 0 Å². The van der Waals surface area contributed by atoms with Crippen LogP contribution >= 0.6 is 0 Å². The summed E-state index contributed by atoms with van der Waals surface area (Å²) in [6, 6.07) is 8.48. The Bertz CT molecular complexity index is 380. The molecule has 2 rings (SSSR count). The monoisotopic (exact) mass is 247 g/mol. The number of benzene rings is 1. The standard InChI is InChI=1S/C16H25NO/c1-11-7-12(2)9-15(8-11)17-13(3)14-5-4-6-16(18)10-14/h4-6,10-13,15,17-18H,7-9H2,1-3H3. The highest BCUT2D eigenvalue weighted by Gasteiger charge is 2.24. The molecule has 0 heterocycles. The Morgan fingerprint density at radius 2 is 1.83 bits per heavy atom. The van der Waals surface area contributed by atoms with Crippen molar-refractivity contribution in [3.8, 4) is 5.75 Å². The second kappa shape index (κ2) is 5.75. The van der Waals surface area contributed by atoms with E-state index >= 15 is 0 Å². The molecule has 0 aliphatic heterocycles. The molecule has 3 atom stereocenters. The van der Waals surface area contributed by atoms with Crippen LogP contribution in [0.1, 0.15) is 51.6 Å². The Balaban J connectivity index is 1.96. The zero-order chi connectivity index (χ0) is 13.1. The Kier molecular flexibility index (Phi) is 4.28. The van der Waals surface area contributed by atoms with Crippen LogP contribution < -0.4 is 5.32 Å². The molecule has 1 aromatic carbocycles. The van der Waals surface area contributed by atoms with Crippen molar-refractivity contribution in [2.75, 3.05) is 0 Å². The first kappa shape index (κ1) is 13.4. The van der Waals surface area contributed by atoms with Gasteiger partial charge in [-0.15, -0.1) is 0 Å². The molecule has 2 nitrogen and oxygen atoms in total. The van der Waals surface area contributed by atoms with E-state index in [4.69, 9.17) is 0 Å². The van der Waals surface area contributed by atoms with Gasteiger partial charge in [-0.1, -0.05) is 26.0 Å². The zero-order valence-corrected chi connectivity index (χ0v) is 11.7. The largest absolute Gasteiger partial charge is 0.508 e. The van der Waals surface area contributed by atoms with Gasteiger partial charge in [0.05, 0.1) is 0 Å². The Hall–Kier alpha value is -1.02. The van der Waals surface area contributed by atoms with E-state index in [1.165, 1.54) is 24.8 Å². The van der Waals surface area contributed by atoms with Crippen LogP contribution in [0.25, 0.3) is 0 Å². The molecule has 1 saturated carbocycles. The molecule has 2 heteroatoms. The van der Waals surface area contributed by atoms with Gasteiger partial charge in [0, 0.05) is 12.1 Å². The SMILES string of the molecule is CC1CC(C)CC(NC(C)c2cccc(O)c2)C1. The van der Waals surface area contributed by atoms with Crippen LogP contribution in [0.5, 0.6) is 5.75 Å². The number of phenols is 1. The third kappa shape index (κ3) is 3.49. The van der Waals surface area contributed by atoms with Crippen LogP contribution in [0.4, 0.5) is 0 Å². The maximum atomic E-state index is 9.52. The summed E-state index contributed by atoms with van der Waals surface area (Å²) in [6.07, 6.45) is 3.90. The second-order valence-corrected chi connectivity index (χ2v) is 6.10. The van der Waals surface area contributed by atoms with E-state index in [0.717, 1.165) is 11.8 Å². The van der Waals surface area contributed by atoms with E-state index in [9.17, 15) is 5.11 Å². The van der Waals surface area contributed by atoms with Crippen LogP contribution in [0.3, 0.4) is 0 Å². The molecule has 0 amide bonds. The smallest absolute Gasteiger partial charge is 0.115 e. The van der Waals surface area contributed by atoms with Crippen molar-refractivity contribution in [3.63, 3.8) is 0 Å². The van der Waals surface area contributed by atoms with Crippen molar-refractivity contribution in [1.82, 2.24) is 5.32 Å². The molecule has 0 saturated heterocycles. The molecular formula is C16H25NO. The normalized spacial score (nSPS) is 30.1. The van der Waals surface area contributed by atoms with E-state index in [1.54, 1.807) is 6.07 Å². The molecular weight excluding hydrogens is 222 g/mol. The van der Waals surface area contributed by atoms with Crippen LogP contribution in [0, 0.1) is 11.8 Å². The summed E-state index contributed by atoms with van der Waals surface area (Å²) < 4.78 is 0. The maximum absolute atomic E-state index is 9.52. The van der Waals surface area contributed by atoms with Crippen LogP contribution in [0.15, 0.2) is 24.3 Å². The Morgan fingerprint density at radius 1 is 1.17 bits per heavy atom. The van der Waals surface area contributed by atoms with Gasteiger partial charge in [0.15, 0.2) is 0 Å². The fraction of sp³-hybridized carbons (Fsp3) is 0.625. The van der Waals surface area contributed by atoms with E-state index in [0.29, 0.717) is 17.8 Å². The van der Waals surface area contributed by atoms with E-state index < -0.39 is 0 Å². The number of nitrogens with one attached hydrogen (secondary N) is 1. The minimum atomic E-state index is 0.305. The molecule has 18 heavy (non-hydrogen) atoms. The molecule has 1 fully saturated rings. The average molecular weight is 247 g/mol. The van der Waals surface area contributed by atoms with Gasteiger partial charge in [-0.3, -0.25) is 0 Å². The average Bonchev–Trinajstić information content (AvgIpc) is 2.27. The molecule has 1 aromatic rings. The first-order chi connectivity index (χ1) is 8.54. The fourth-order valence-corrected chi connectivity index (χ4v) is 3.33. The van der Waals surface area contributed by atoms with Gasteiger partial charge in [-0.05, 0) is 55.7 Å². The highest BCUT2D eigenvalue weighted by molar-refractivity contribution is 5.29.